The highest BCUT2D eigenvalue weighted by Crippen LogP contribution is 2.19. The van der Waals surface area contributed by atoms with Crippen molar-refractivity contribution in [3.63, 3.8) is 0 Å². The van der Waals surface area contributed by atoms with E-state index in [4.69, 9.17) is 10.8 Å². The van der Waals surface area contributed by atoms with Gasteiger partial charge in [-0.15, -0.1) is 0 Å². The predicted molar refractivity (Wildman–Crippen MR) is 63.2 cm³/mol. The number of aliphatic hydroxyl groups is 1. The monoisotopic (exact) mass is 243 g/mol. The van der Waals surface area contributed by atoms with E-state index in [9.17, 15) is 9.59 Å². The Hall–Kier alpha value is -1.30. The Labute approximate surface area is 101 Å². The van der Waals surface area contributed by atoms with Crippen LogP contribution in [-0.4, -0.2) is 47.7 Å². The van der Waals surface area contributed by atoms with Crippen molar-refractivity contribution in [2.24, 2.45) is 11.7 Å². The molecule has 0 aromatic rings. The van der Waals surface area contributed by atoms with Gasteiger partial charge in [-0.3, -0.25) is 4.79 Å². The number of carbonyl (C=O) groups excluding carboxylic acids is 2. The summed E-state index contributed by atoms with van der Waals surface area (Å²) >= 11 is 0. The number of rotatable bonds is 4. The van der Waals surface area contributed by atoms with Gasteiger partial charge in [-0.1, -0.05) is 0 Å². The van der Waals surface area contributed by atoms with Crippen molar-refractivity contribution >= 4 is 11.9 Å². The molecule has 1 saturated heterocycles. The Bertz CT molecular complexity index is 281. The van der Waals surface area contributed by atoms with Crippen LogP contribution in [0.5, 0.6) is 0 Å². The summed E-state index contributed by atoms with van der Waals surface area (Å²) in [7, 11) is 0. The van der Waals surface area contributed by atoms with E-state index in [-0.39, 0.29) is 12.5 Å². The van der Waals surface area contributed by atoms with Crippen molar-refractivity contribution in [1.82, 2.24) is 10.2 Å². The molecule has 4 N–H and O–H groups in total. The zero-order valence-corrected chi connectivity index (χ0v) is 10.2. The molecule has 0 aromatic carbocycles. The predicted octanol–water partition coefficient (Wildman–Crippen LogP) is -0.336. The van der Waals surface area contributed by atoms with Crippen molar-refractivity contribution in [3.05, 3.63) is 0 Å². The van der Waals surface area contributed by atoms with E-state index in [0.29, 0.717) is 19.0 Å². The molecule has 0 aliphatic carbocycles. The summed E-state index contributed by atoms with van der Waals surface area (Å²) in [5.74, 6) is 0.255. The number of piperidine rings is 1. The molecule has 1 aliphatic heterocycles. The average molecular weight is 243 g/mol. The lowest BCUT2D eigenvalue weighted by molar-refractivity contribution is -0.134. The first-order valence-corrected chi connectivity index (χ1v) is 6.00. The molecular weight excluding hydrogens is 222 g/mol. The van der Waals surface area contributed by atoms with Crippen LogP contribution in [0.15, 0.2) is 0 Å². The SMILES string of the molecule is CC(NC(N)=O)C(=O)N1CCCC(CCO)C1. The van der Waals surface area contributed by atoms with Crippen LogP contribution in [0.25, 0.3) is 0 Å². The summed E-state index contributed by atoms with van der Waals surface area (Å²) < 4.78 is 0. The Morgan fingerprint density at radius 2 is 2.29 bits per heavy atom. The molecule has 0 bridgehead atoms. The molecule has 1 fully saturated rings. The largest absolute Gasteiger partial charge is 0.396 e. The molecule has 6 nitrogen and oxygen atoms in total. The first kappa shape index (κ1) is 13.8. The number of hydrogen-bond donors (Lipinski definition) is 3. The minimum atomic E-state index is -0.685. The van der Waals surface area contributed by atoms with Crippen LogP contribution in [0.3, 0.4) is 0 Å². The number of nitrogens with two attached hydrogens (primary N) is 1. The molecule has 1 rings (SSSR count). The van der Waals surface area contributed by atoms with Crippen LogP contribution in [0.2, 0.25) is 0 Å². The Balaban J connectivity index is 2.48. The molecule has 17 heavy (non-hydrogen) atoms. The number of likely N-dealkylation sites (tertiary alicyclic amines) is 1. The first-order chi connectivity index (χ1) is 8.04. The van der Waals surface area contributed by atoms with Crippen molar-refractivity contribution in [1.29, 1.82) is 0 Å². The zero-order chi connectivity index (χ0) is 12.8. The van der Waals surface area contributed by atoms with Gasteiger partial charge in [-0.05, 0) is 32.1 Å². The molecule has 3 amide bonds. The lowest BCUT2D eigenvalue weighted by atomic mass is 9.95. The van der Waals surface area contributed by atoms with Gasteiger partial charge in [0.05, 0.1) is 0 Å². The van der Waals surface area contributed by atoms with Crippen molar-refractivity contribution in [3.8, 4) is 0 Å². The van der Waals surface area contributed by atoms with E-state index in [0.717, 1.165) is 19.3 Å². The molecule has 0 radical (unpaired) electrons. The molecule has 2 unspecified atom stereocenters. The van der Waals surface area contributed by atoms with E-state index in [1.165, 1.54) is 0 Å². The molecule has 1 heterocycles. The zero-order valence-electron chi connectivity index (χ0n) is 10.2. The molecule has 98 valence electrons. The molecule has 2 atom stereocenters. The molecule has 0 spiro atoms. The van der Waals surface area contributed by atoms with Crippen LogP contribution in [-0.2, 0) is 4.79 Å². The van der Waals surface area contributed by atoms with E-state index >= 15 is 0 Å². The average Bonchev–Trinajstić information content (AvgIpc) is 2.28. The number of carbonyl (C=O) groups is 2. The maximum absolute atomic E-state index is 12.0. The third-order valence-corrected chi connectivity index (χ3v) is 3.10. The highest BCUT2D eigenvalue weighted by molar-refractivity contribution is 5.86. The van der Waals surface area contributed by atoms with Gasteiger partial charge in [-0.25, -0.2) is 4.79 Å². The Morgan fingerprint density at radius 1 is 1.59 bits per heavy atom. The summed E-state index contributed by atoms with van der Waals surface area (Å²) in [4.78, 5) is 24.4. The van der Waals surface area contributed by atoms with E-state index in [1.54, 1.807) is 11.8 Å². The van der Waals surface area contributed by atoms with Crippen molar-refractivity contribution < 1.29 is 14.7 Å². The van der Waals surface area contributed by atoms with Crippen LogP contribution in [0.4, 0.5) is 4.79 Å². The van der Waals surface area contributed by atoms with Gasteiger partial charge in [0.2, 0.25) is 5.91 Å². The van der Waals surface area contributed by atoms with Gasteiger partial charge in [0.1, 0.15) is 6.04 Å². The van der Waals surface area contributed by atoms with E-state index in [1.807, 2.05) is 0 Å². The summed E-state index contributed by atoms with van der Waals surface area (Å²) in [6.07, 6.45) is 2.71. The summed E-state index contributed by atoms with van der Waals surface area (Å²) in [6.45, 7) is 3.15. The minimum absolute atomic E-state index is 0.105. The highest BCUT2D eigenvalue weighted by Gasteiger charge is 2.26. The summed E-state index contributed by atoms with van der Waals surface area (Å²) in [5.41, 5.74) is 4.98. The van der Waals surface area contributed by atoms with Gasteiger partial charge in [0, 0.05) is 19.7 Å². The van der Waals surface area contributed by atoms with Crippen LogP contribution < -0.4 is 11.1 Å². The lowest BCUT2D eigenvalue weighted by Crippen LogP contribution is -2.51. The number of primary amides is 1. The standard InChI is InChI=1S/C11H21N3O3/c1-8(13-11(12)17)10(16)14-5-2-3-9(7-14)4-6-15/h8-9,15H,2-7H2,1H3,(H3,12,13,17). The molecule has 1 aliphatic rings. The maximum Gasteiger partial charge on any atom is 0.312 e. The number of urea groups is 1. The van der Waals surface area contributed by atoms with Crippen LogP contribution in [0.1, 0.15) is 26.2 Å². The number of nitrogens with zero attached hydrogens (tertiary/aromatic N) is 1. The fraction of sp³-hybridized carbons (Fsp3) is 0.818. The molecule has 6 heteroatoms. The Morgan fingerprint density at radius 3 is 2.88 bits per heavy atom. The van der Waals surface area contributed by atoms with E-state index < -0.39 is 12.1 Å². The normalized spacial score (nSPS) is 22.0. The van der Waals surface area contributed by atoms with Crippen LogP contribution >= 0.6 is 0 Å². The van der Waals surface area contributed by atoms with Gasteiger partial charge in [-0.2, -0.15) is 0 Å². The second-order valence-electron chi connectivity index (χ2n) is 4.54. The lowest BCUT2D eigenvalue weighted by Gasteiger charge is -2.34. The smallest absolute Gasteiger partial charge is 0.312 e. The summed E-state index contributed by atoms with van der Waals surface area (Å²) in [6, 6.07) is -1.27. The molecule has 0 saturated carbocycles. The second-order valence-corrected chi connectivity index (χ2v) is 4.54. The van der Waals surface area contributed by atoms with Gasteiger partial charge in [0.15, 0.2) is 0 Å². The first-order valence-electron chi connectivity index (χ1n) is 6.00. The number of hydrogen-bond acceptors (Lipinski definition) is 3. The third-order valence-electron chi connectivity index (χ3n) is 3.10. The number of amides is 3. The van der Waals surface area contributed by atoms with Gasteiger partial charge >= 0.3 is 6.03 Å². The van der Waals surface area contributed by atoms with Crippen LogP contribution in [0, 0.1) is 5.92 Å². The fourth-order valence-electron chi connectivity index (χ4n) is 2.23. The minimum Gasteiger partial charge on any atom is -0.396 e. The second kappa shape index (κ2) is 6.44. The topological polar surface area (TPSA) is 95.7 Å². The van der Waals surface area contributed by atoms with Crippen molar-refractivity contribution in [2.75, 3.05) is 19.7 Å². The quantitative estimate of drug-likeness (QED) is 0.630. The molecular formula is C11H21N3O3. The Kier molecular flexibility index (Phi) is 5.21. The third kappa shape index (κ3) is 4.22. The van der Waals surface area contributed by atoms with Gasteiger partial charge < -0.3 is 21.1 Å². The maximum atomic E-state index is 12.0. The fourth-order valence-corrected chi connectivity index (χ4v) is 2.23. The number of aliphatic hydroxyl groups excluding tert-OH is 1. The number of nitrogens with one attached hydrogen (secondary N) is 1. The highest BCUT2D eigenvalue weighted by atomic mass is 16.3. The van der Waals surface area contributed by atoms with E-state index in [2.05, 4.69) is 5.32 Å². The molecule has 0 aromatic heterocycles. The van der Waals surface area contributed by atoms with Crippen molar-refractivity contribution in [2.45, 2.75) is 32.2 Å². The summed E-state index contributed by atoms with van der Waals surface area (Å²) in [5, 5.41) is 11.3. The van der Waals surface area contributed by atoms with Gasteiger partial charge in [0.25, 0.3) is 0 Å².